The zero-order valence-corrected chi connectivity index (χ0v) is 19.9. The number of aromatic nitrogens is 4. The number of ether oxygens (including phenoxy) is 1. The van der Waals surface area contributed by atoms with Crippen LogP contribution in [0.25, 0.3) is 16.7 Å². The van der Waals surface area contributed by atoms with Crippen LogP contribution in [-0.4, -0.2) is 44.0 Å². The van der Waals surface area contributed by atoms with E-state index in [4.69, 9.17) is 16.3 Å². The normalized spacial score (nSPS) is 11.4. The van der Waals surface area contributed by atoms with Gasteiger partial charge in [-0.05, 0) is 50.1 Å². The van der Waals surface area contributed by atoms with Crippen LogP contribution >= 0.6 is 23.4 Å². The topological polar surface area (TPSA) is 90.5 Å². The SMILES string of the molecule is CCOCCCn1c(=O)c2ccccc2n2c(SCC(=O)Nc3ccc(C)c(Cl)c3)nnc12. The number of aryl methyl sites for hydroxylation is 2. The van der Waals surface area contributed by atoms with E-state index in [0.29, 0.717) is 58.7 Å². The monoisotopic (exact) mass is 485 g/mol. The Morgan fingerprint density at radius 3 is 2.82 bits per heavy atom. The highest BCUT2D eigenvalue weighted by molar-refractivity contribution is 7.99. The number of thioether (sulfide) groups is 1. The van der Waals surface area contributed by atoms with Gasteiger partial charge in [0.2, 0.25) is 11.7 Å². The molecule has 0 spiro atoms. The molecule has 0 unspecified atom stereocenters. The van der Waals surface area contributed by atoms with Gasteiger partial charge in [0.1, 0.15) is 0 Å². The third kappa shape index (κ3) is 5.05. The van der Waals surface area contributed by atoms with Gasteiger partial charge in [0, 0.05) is 30.5 Å². The van der Waals surface area contributed by atoms with Crippen molar-refractivity contribution in [2.45, 2.75) is 32.0 Å². The Labute approximate surface area is 199 Å². The molecule has 0 saturated carbocycles. The van der Waals surface area contributed by atoms with Crippen LogP contribution in [0, 0.1) is 6.92 Å². The Hall–Kier alpha value is -2.88. The van der Waals surface area contributed by atoms with Crippen molar-refractivity contribution in [1.29, 1.82) is 0 Å². The molecule has 8 nitrogen and oxygen atoms in total. The van der Waals surface area contributed by atoms with E-state index in [-0.39, 0.29) is 17.2 Å². The highest BCUT2D eigenvalue weighted by atomic mass is 35.5. The summed E-state index contributed by atoms with van der Waals surface area (Å²) in [6.07, 6.45) is 0.679. The van der Waals surface area contributed by atoms with E-state index < -0.39 is 0 Å². The van der Waals surface area contributed by atoms with Crippen molar-refractivity contribution < 1.29 is 9.53 Å². The number of nitrogens with one attached hydrogen (secondary N) is 1. The summed E-state index contributed by atoms with van der Waals surface area (Å²) in [7, 11) is 0. The number of anilines is 1. The zero-order valence-electron chi connectivity index (χ0n) is 18.4. The van der Waals surface area contributed by atoms with Crippen molar-refractivity contribution in [2.75, 3.05) is 24.3 Å². The van der Waals surface area contributed by atoms with Gasteiger partial charge in [-0.3, -0.25) is 18.6 Å². The van der Waals surface area contributed by atoms with Crippen molar-refractivity contribution in [1.82, 2.24) is 19.2 Å². The smallest absolute Gasteiger partial charge is 0.262 e. The first kappa shape index (κ1) is 23.3. The molecular formula is C23H24ClN5O3S. The molecule has 33 heavy (non-hydrogen) atoms. The number of carbonyl (C=O) groups excluding carboxylic acids is 1. The second-order valence-electron chi connectivity index (χ2n) is 7.44. The molecule has 0 radical (unpaired) electrons. The molecule has 2 aromatic heterocycles. The Bertz CT molecular complexity index is 1370. The number of hydrogen-bond donors (Lipinski definition) is 1. The fourth-order valence-electron chi connectivity index (χ4n) is 3.50. The van der Waals surface area contributed by atoms with E-state index in [2.05, 4.69) is 15.5 Å². The largest absolute Gasteiger partial charge is 0.382 e. The van der Waals surface area contributed by atoms with Crippen LogP contribution in [0.15, 0.2) is 52.4 Å². The van der Waals surface area contributed by atoms with Gasteiger partial charge in [0.05, 0.1) is 16.7 Å². The van der Waals surface area contributed by atoms with Gasteiger partial charge in [-0.15, -0.1) is 10.2 Å². The maximum absolute atomic E-state index is 13.1. The first-order chi connectivity index (χ1) is 16.0. The molecule has 2 aromatic carbocycles. The first-order valence-electron chi connectivity index (χ1n) is 10.6. The fraction of sp³-hybridized carbons (Fsp3) is 0.304. The summed E-state index contributed by atoms with van der Waals surface area (Å²) in [5, 5.41) is 13.1. The average molecular weight is 486 g/mol. The summed E-state index contributed by atoms with van der Waals surface area (Å²) in [6.45, 7) is 5.49. The van der Waals surface area contributed by atoms with Gasteiger partial charge < -0.3 is 10.1 Å². The molecule has 0 atom stereocenters. The van der Waals surface area contributed by atoms with Gasteiger partial charge in [-0.1, -0.05) is 41.6 Å². The van der Waals surface area contributed by atoms with E-state index in [1.54, 1.807) is 16.7 Å². The summed E-state index contributed by atoms with van der Waals surface area (Å²) in [5.74, 6) is 0.388. The Morgan fingerprint density at radius 1 is 1.21 bits per heavy atom. The Morgan fingerprint density at radius 2 is 2.03 bits per heavy atom. The quantitative estimate of drug-likeness (QED) is 0.283. The number of nitrogens with zero attached hydrogens (tertiary/aromatic N) is 4. The predicted octanol–water partition coefficient (Wildman–Crippen LogP) is 4.16. The maximum Gasteiger partial charge on any atom is 0.262 e. The summed E-state index contributed by atoms with van der Waals surface area (Å²) < 4.78 is 8.86. The molecule has 1 amide bonds. The van der Waals surface area contributed by atoms with Crippen molar-refractivity contribution >= 4 is 51.6 Å². The lowest BCUT2D eigenvalue weighted by Crippen LogP contribution is -2.24. The van der Waals surface area contributed by atoms with Crippen molar-refractivity contribution in [3.05, 3.63) is 63.4 Å². The van der Waals surface area contributed by atoms with Crippen molar-refractivity contribution in [3.8, 4) is 0 Å². The molecular weight excluding hydrogens is 462 g/mol. The minimum atomic E-state index is -0.189. The molecule has 4 aromatic rings. The van der Waals surface area contributed by atoms with Crippen LogP contribution in [-0.2, 0) is 16.1 Å². The van der Waals surface area contributed by atoms with Gasteiger partial charge in [-0.25, -0.2) is 0 Å². The predicted molar refractivity (Wildman–Crippen MR) is 131 cm³/mol. The lowest BCUT2D eigenvalue weighted by Gasteiger charge is -2.11. The van der Waals surface area contributed by atoms with Gasteiger partial charge in [0.25, 0.3) is 5.56 Å². The van der Waals surface area contributed by atoms with E-state index in [0.717, 1.165) is 5.56 Å². The van der Waals surface area contributed by atoms with Gasteiger partial charge in [0.15, 0.2) is 5.16 Å². The minimum Gasteiger partial charge on any atom is -0.382 e. The number of hydrogen-bond acceptors (Lipinski definition) is 6. The molecule has 1 N–H and O–H groups in total. The molecule has 10 heteroatoms. The zero-order chi connectivity index (χ0) is 23.4. The third-order valence-electron chi connectivity index (χ3n) is 5.14. The molecule has 0 aliphatic heterocycles. The number of para-hydroxylation sites is 1. The van der Waals surface area contributed by atoms with Crippen LogP contribution < -0.4 is 10.9 Å². The molecule has 0 aliphatic rings. The van der Waals surface area contributed by atoms with Crippen LogP contribution in [0.1, 0.15) is 18.9 Å². The van der Waals surface area contributed by atoms with Gasteiger partial charge in [-0.2, -0.15) is 0 Å². The molecule has 0 bridgehead atoms. The van der Waals surface area contributed by atoms with Crippen molar-refractivity contribution in [3.63, 3.8) is 0 Å². The van der Waals surface area contributed by atoms with E-state index in [1.807, 2.05) is 48.6 Å². The number of halogens is 1. The van der Waals surface area contributed by atoms with Gasteiger partial charge >= 0.3 is 0 Å². The number of benzene rings is 2. The molecule has 172 valence electrons. The highest BCUT2D eigenvalue weighted by Crippen LogP contribution is 2.23. The Balaban J connectivity index is 1.60. The molecule has 0 fully saturated rings. The molecule has 0 aliphatic carbocycles. The average Bonchev–Trinajstić information content (AvgIpc) is 3.23. The van der Waals surface area contributed by atoms with Crippen LogP contribution in [0.4, 0.5) is 5.69 Å². The summed E-state index contributed by atoms with van der Waals surface area (Å²) >= 11 is 7.40. The Kier molecular flexibility index (Phi) is 7.32. The number of fused-ring (bicyclic) bond motifs is 3. The highest BCUT2D eigenvalue weighted by Gasteiger charge is 2.17. The summed E-state index contributed by atoms with van der Waals surface area (Å²) in [5.41, 5.74) is 2.17. The van der Waals surface area contributed by atoms with E-state index in [1.165, 1.54) is 11.8 Å². The minimum absolute atomic E-state index is 0.118. The van der Waals surface area contributed by atoms with E-state index in [9.17, 15) is 9.59 Å². The summed E-state index contributed by atoms with van der Waals surface area (Å²) in [6, 6.07) is 12.7. The van der Waals surface area contributed by atoms with Crippen molar-refractivity contribution in [2.24, 2.45) is 0 Å². The number of amides is 1. The second-order valence-corrected chi connectivity index (χ2v) is 8.79. The standard InChI is InChI=1S/C23H24ClN5O3S/c1-3-32-12-6-11-28-21(31)17-7-4-5-8-19(17)29-22(28)26-27-23(29)33-14-20(30)25-16-10-9-15(2)18(24)13-16/h4-5,7-10,13H,3,6,11-12,14H2,1-2H3,(H,25,30). The third-order valence-corrected chi connectivity index (χ3v) is 6.48. The molecule has 4 rings (SSSR count). The maximum atomic E-state index is 13.1. The molecule has 2 heterocycles. The second kappa shape index (κ2) is 10.4. The lowest BCUT2D eigenvalue weighted by molar-refractivity contribution is -0.113. The lowest BCUT2D eigenvalue weighted by atomic mass is 10.2. The van der Waals surface area contributed by atoms with Crippen LogP contribution in [0.2, 0.25) is 5.02 Å². The summed E-state index contributed by atoms with van der Waals surface area (Å²) in [4.78, 5) is 25.6. The molecule has 0 saturated heterocycles. The van der Waals surface area contributed by atoms with E-state index >= 15 is 0 Å². The number of rotatable bonds is 9. The first-order valence-corrected chi connectivity index (χ1v) is 12.0. The fourth-order valence-corrected chi connectivity index (χ4v) is 4.42. The van der Waals surface area contributed by atoms with Crippen LogP contribution in [0.5, 0.6) is 0 Å². The number of carbonyl (C=O) groups is 1. The van der Waals surface area contributed by atoms with Crippen LogP contribution in [0.3, 0.4) is 0 Å².